The molecule has 190 valence electrons. The Morgan fingerprint density at radius 2 is 1.24 bits per heavy atom. The van der Waals surface area contributed by atoms with Crippen LogP contribution in [-0.4, -0.2) is 20.0 Å². The van der Waals surface area contributed by atoms with Gasteiger partial charge in [-0.3, -0.25) is 4.79 Å². The standard InChI is InChI=1S/C33H36N2O2/c1-21-22(2)24(4)31(25(5)23(21)3)20-30-18-19-32(37-30)33(36)34-28-14-10-26(11-15-28)8-9-27-12-16-29(17-13-27)35(6)7/h8-19H,20H2,1-7H3,(H,34,36)/b9-8+. The number of nitrogens with one attached hydrogen (secondary N) is 1. The quantitative estimate of drug-likeness (QED) is 0.267. The zero-order valence-electron chi connectivity index (χ0n) is 22.9. The van der Waals surface area contributed by atoms with Gasteiger partial charge in [-0.15, -0.1) is 0 Å². The summed E-state index contributed by atoms with van der Waals surface area (Å²) in [6, 6.07) is 19.8. The minimum Gasteiger partial charge on any atom is -0.456 e. The molecule has 0 aliphatic carbocycles. The van der Waals surface area contributed by atoms with Gasteiger partial charge in [-0.2, -0.15) is 0 Å². The Bertz CT molecular complexity index is 1410. The summed E-state index contributed by atoms with van der Waals surface area (Å²) in [7, 11) is 4.06. The van der Waals surface area contributed by atoms with Crippen molar-refractivity contribution in [3.63, 3.8) is 0 Å². The lowest BCUT2D eigenvalue weighted by Gasteiger charge is -2.18. The van der Waals surface area contributed by atoms with Gasteiger partial charge in [0.2, 0.25) is 0 Å². The molecule has 1 amide bonds. The highest BCUT2D eigenvalue weighted by molar-refractivity contribution is 6.02. The van der Waals surface area contributed by atoms with E-state index in [0.29, 0.717) is 12.2 Å². The fourth-order valence-corrected chi connectivity index (χ4v) is 4.56. The first-order valence-corrected chi connectivity index (χ1v) is 12.7. The molecule has 0 bridgehead atoms. The van der Waals surface area contributed by atoms with E-state index in [1.54, 1.807) is 6.07 Å². The molecule has 0 aliphatic rings. The molecule has 0 saturated carbocycles. The van der Waals surface area contributed by atoms with Crippen molar-refractivity contribution in [2.45, 2.75) is 41.0 Å². The van der Waals surface area contributed by atoms with Gasteiger partial charge in [-0.05, 0) is 116 Å². The number of hydrogen-bond donors (Lipinski definition) is 1. The predicted octanol–water partition coefficient (Wildman–Crippen LogP) is 7.90. The van der Waals surface area contributed by atoms with Crippen molar-refractivity contribution in [1.29, 1.82) is 0 Å². The van der Waals surface area contributed by atoms with Gasteiger partial charge in [0.05, 0.1) is 0 Å². The maximum absolute atomic E-state index is 12.8. The summed E-state index contributed by atoms with van der Waals surface area (Å²) in [6.45, 7) is 10.9. The molecule has 0 spiro atoms. The fraction of sp³-hybridized carbons (Fsp3) is 0.242. The lowest BCUT2D eigenvalue weighted by atomic mass is 9.88. The topological polar surface area (TPSA) is 45.5 Å². The van der Waals surface area contributed by atoms with Crippen LogP contribution in [0.3, 0.4) is 0 Å². The molecule has 3 aromatic carbocycles. The number of nitrogens with zero attached hydrogens (tertiary/aromatic N) is 1. The van der Waals surface area contributed by atoms with Crippen LogP contribution in [0.2, 0.25) is 0 Å². The third kappa shape index (κ3) is 5.86. The van der Waals surface area contributed by atoms with Gasteiger partial charge >= 0.3 is 0 Å². The van der Waals surface area contributed by atoms with E-state index in [1.165, 1.54) is 39.1 Å². The van der Waals surface area contributed by atoms with Crippen LogP contribution < -0.4 is 10.2 Å². The second kappa shape index (κ2) is 10.9. The zero-order valence-corrected chi connectivity index (χ0v) is 22.9. The second-order valence-corrected chi connectivity index (χ2v) is 9.94. The Labute approximate surface area is 220 Å². The van der Waals surface area contributed by atoms with Crippen molar-refractivity contribution >= 4 is 29.4 Å². The van der Waals surface area contributed by atoms with Gasteiger partial charge in [0.25, 0.3) is 5.91 Å². The first kappa shape index (κ1) is 26.0. The van der Waals surface area contributed by atoms with Crippen LogP contribution >= 0.6 is 0 Å². The molecular formula is C33H36N2O2. The molecule has 1 aromatic heterocycles. The van der Waals surface area contributed by atoms with E-state index in [-0.39, 0.29) is 5.91 Å². The van der Waals surface area contributed by atoms with Crippen LogP contribution in [0.15, 0.2) is 65.1 Å². The summed E-state index contributed by atoms with van der Waals surface area (Å²) in [4.78, 5) is 14.9. The molecule has 4 rings (SSSR count). The molecule has 4 heteroatoms. The lowest BCUT2D eigenvalue weighted by Crippen LogP contribution is -2.10. The van der Waals surface area contributed by atoms with Gasteiger partial charge < -0.3 is 14.6 Å². The highest BCUT2D eigenvalue weighted by Crippen LogP contribution is 2.28. The minimum atomic E-state index is -0.250. The zero-order chi connectivity index (χ0) is 26.7. The Morgan fingerprint density at radius 1 is 0.730 bits per heavy atom. The van der Waals surface area contributed by atoms with Crippen LogP contribution in [0.5, 0.6) is 0 Å². The summed E-state index contributed by atoms with van der Waals surface area (Å²) in [5.41, 5.74) is 12.0. The van der Waals surface area contributed by atoms with Crippen molar-refractivity contribution in [3.05, 3.63) is 117 Å². The first-order valence-electron chi connectivity index (χ1n) is 12.7. The third-order valence-corrected chi connectivity index (χ3v) is 7.44. The number of hydrogen-bond acceptors (Lipinski definition) is 3. The van der Waals surface area contributed by atoms with Gasteiger partial charge in [0.1, 0.15) is 5.76 Å². The molecule has 37 heavy (non-hydrogen) atoms. The number of amides is 1. The van der Waals surface area contributed by atoms with E-state index >= 15 is 0 Å². The predicted molar refractivity (Wildman–Crippen MR) is 156 cm³/mol. The summed E-state index contributed by atoms with van der Waals surface area (Å²) in [6.07, 6.45) is 4.82. The maximum Gasteiger partial charge on any atom is 0.291 e. The van der Waals surface area contributed by atoms with Crippen LogP contribution in [0.1, 0.15) is 60.8 Å². The molecule has 4 aromatic rings. The molecule has 0 saturated heterocycles. The van der Waals surface area contributed by atoms with Gasteiger partial charge in [0, 0.05) is 31.9 Å². The summed E-state index contributed by atoms with van der Waals surface area (Å²) < 4.78 is 5.95. The minimum absolute atomic E-state index is 0.250. The second-order valence-electron chi connectivity index (χ2n) is 9.94. The van der Waals surface area contributed by atoms with Gasteiger partial charge in [-0.25, -0.2) is 0 Å². The SMILES string of the molecule is Cc1c(C)c(C)c(Cc2ccc(C(=O)Nc3ccc(/C=C/c4ccc(N(C)C)cc4)cc3)o2)c(C)c1C. The van der Waals surface area contributed by atoms with E-state index in [4.69, 9.17) is 4.42 Å². The average Bonchev–Trinajstić information content (AvgIpc) is 3.37. The van der Waals surface area contributed by atoms with Crippen molar-refractivity contribution in [1.82, 2.24) is 0 Å². The number of furan rings is 1. The van der Waals surface area contributed by atoms with Crippen molar-refractivity contribution in [3.8, 4) is 0 Å². The van der Waals surface area contributed by atoms with Crippen LogP contribution in [0.4, 0.5) is 11.4 Å². The highest BCUT2D eigenvalue weighted by atomic mass is 16.3. The van der Waals surface area contributed by atoms with Crippen LogP contribution in [0, 0.1) is 34.6 Å². The molecule has 1 N–H and O–H groups in total. The van der Waals surface area contributed by atoms with E-state index < -0.39 is 0 Å². The summed E-state index contributed by atoms with van der Waals surface area (Å²) >= 11 is 0. The van der Waals surface area contributed by atoms with Crippen molar-refractivity contribution in [2.75, 3.05) is 24.3 Å². The molecule has 0 unspecified atom stereocenters. The molecular weight excluding hydrogens is 456 g/mol. The Morgan fingerprint density at radius 3 is 1.78 bits per heavy atom. The highest BCUT2D eigenvalue weighted by Gasteiger charge is 2.16. The number of rotatable bonds is 7. The molecule has 0 fully saturated rings. The number of benzene rings is 3. The van der Waals surface area contributed by atoms with Crippen molar-refractivity contribution in [2.24, 2.45) is 0 Å². The molecule has 0 radical (unpaired) electrons. The molecule has 1 heterocycles. The smallest absolute Gasteiger partial charge is 0.291 e. The number of carbonyl (C=O) groups is 1. The summed E-state index contributed by atoms with van der Waals surface area (Å²) in [5.74, 6) is 0.856. The van der Waals surface area contributed by atoms with E-state index in [1.807, 2.05) is 44.4 Å². The summed E-state index contributed by atoms with van der Waals surface area (Å²) in [5, 5.41) is 2.94. The van der Waals surface area contributed by atoms with E-state index in [0.717, 1.165) is 22.6 Å². The number of carbonyl (C=O) groups excluding carboxylic acids is 1. The van der Waals surface area contributed by atoms with Gasteiger partial charge in [0.15, 0.2) is 5.76 Å². The first-order chi connectivity index (χ1) is 17.6. The average molecular weight is 493 g/mol. The van der Waals surface area contributed by atoms with Crippen molar-refractivity contribution < 1.29 is 9.21 Å². The maximum atomic E-state index is 12.8. The molecule has 4 nitrogen and oxygen atoms in total. The van der Waals surface area contributed by atoms with Crippen LogP contribution in [0.25, 0.3) is 12.2 Å². The number of anilines is 2. The Hall–Kier alpha value is -4.05. The normalized spacial score (nSPS) is 11.2. The van der Waals surface area contributed by atoms with Gasteiger partial charge in [-0.1, -0.05) is 36.4 Å². The van der Waals surface area contributed by atoms with E-state index in [9.17, 15) is 4.79 Å². The monoisotopic (exact) mass is 492 g/mol. The van der Waals surface area contributed by atoms with E-state index in [2.05, 4.69) is 81.3 Å². The Kier molecular flexibility index (Phi) is 7.68. The molecule has 0 atom stereocenters. The molecule has 0 aliphatic heterocycles. The largest absolute Gasteiger partial charge is 0.456 e. The van der Waals surface area contributed by atoms with Crippen LogP contribution in [-0.2, 0) is 6.42 Å². The lowest BCUT2D eigenvalue weighted by molar-refractivity contribution is 0.0995. The fourth-order valence-electron chi connectivity index (χ4n) is 4.56. The third-order valence-electron chi connectivity index (χ3n) is 7.44. The Balaban J connectivity index is 1.40.